The average molecular weight is 620 g/mol. The topological polar surface area (TPSA) is 96.0 Å². The first-order chi connectivity index (χ1) is 20.7. The lowest BCUT2D eigenvalue weighted by atomic mass is 10.0. The van der Waals surface area contributed by atoms with E-state index in [2.05, 4.69) is 5.32 Å². The molecule has 1 atom stereocenters. The number of halogens is 1. The molecule has 0 aliphatic heterocycles. The molecule has 4 aromatic carbocycles. The fourth-order valence-electron chi connectivity index (χ4n) is 4.67. The van der Waals surface area contributed by atoms with E-state index in [1.807, 2.05) is 43.3 Å². The van der Waals surface area contributed by atoms with E-state index >= 15 is 0 Å². The van der Waals surface area contributed by atoms with Gasteiger partial charge in [-0.2, -0.15) is 0 Å². The Morgan fingerprint density at radius 2 is 1.49 bits per heavy atom. The molecule has 224 valence electrons. The maximum absolute atomic E-state index is 14.3. The van der Waals surface area contributed by atoms with Crippen molar-refractivity contribution in [3.05, 3.63) is 125 Å². The van der Waals surface area contributed by atoms with Crippen molar-refractivity contribution in [2.75, 3.05) is 24.5 Å². The Balaban J connectivity index is 1.78. The van der Waals surface area contributed by atoms with E-state index < -0.39 is 28.5 Å². The highest BCUT2D eigenvalue weighted by Crippen LogP contribution is 2.26. The predicted octanol–water partition coefficient (Wildman–Crippen LogP) is 5.32. The first kappa shape index (κ1) is 31.6. The van der Waals surface area contributed by atoms with Gasteiger partial charge in [0.1, 0.15) is 18.3 Å². The summed E-state index contributed by atoms with van der Waals surface area (Å²) in [6.07, 6.45) is 0.234. The van der Waals surface area contributed by atoms with E-state index in [1.54, 1.807) is 55.6 Å². The molecule has 0 saturated heterocycles. The largest absolute Gasteiger partial charge is 0.497 e. The standard InChI is InChI=1S/C33H34ClN3O5S/c1-3-35-33(39)31(22-25-11-6-4-7-12-25)36(23-26-13-10-16-29(21-26)42-2)32(38)24-37(28-14-8-5-9-15-28)43(40,41)30-19-17-27(34)18-20-30/h4-21,31H,3,22-24H2,1-2H3,(H,35,39)/t31-/m0/s1. The molecule has 4 rings (SSSR count). The molecular formula is C33H34ClN3O5S. The number of nitrogens with one attached hydrogen (secondary N) is 1. The Morgan fingerprint density at radius 1 is 0.860 bits per heavy atom. The highest BCUT2D eigenvalue weighted by molar-refractivity contribution is 7.92. The number of sulfonamides is 1. The lowest BCUT2D eigenvalue weighted by molar-refractivity contribution is -0.140. The number of methoxy groups -OCH3 is 1. The van der Waals surface area contributed by atoms with Crippen LogP contribution in [0.25, 0.3) is 0 Å². The normalized spacial score (nSPS) is 11.8. The van der Waals surface area contributed by atoms with E-state index in [0.29, 0.717) is 23.0 Å². The minimum atomic E-state index is -4.19. The van der Waals surface area contributed by atoms with E-state index in [0.717, 1.165) is 15.4 Å². The summed E-state index contributed by atoms with van der Waals surface area (Å²) < 4.78 is 34.4. The number of para-hydroxylation sites is 1. The average Bonchev–Trinajstić information content (AvgIpc) is 3.02. The Hall–Kier alpha value is -4.34. The molecule has 8 nitrogen and oxygen atoms in total. The zero-order chi connectivity index (χ0) is 30.8. The SMILES string of the molecule is CCNC(=O)[C@H](Cc1ccccc1)N(Cc1cccc(OC)c1)C(=O)CN(c1ccccc1)S(=O)(=O)c1ccc(Cl)cc1. The minimum absolute atomic E-state index is 0.0162. The van der Waals surface area contributed by atoms with Gasteiger partial charge in [0.25, 0.3) is 10.0 Å². The van der Waals surface area contributed by atoms with Gasteiger partial charge < -0.3 is 15.0 Å². The van der Waals surface area contributed by atoms with Crippen LogP contribution in [0.3, 0.4) is 0 Å². The van der Waals surface area contributed by atoms with Gasteiger partial charge in [0, 0.05) is 24.5 Å². The van der Waals surface area contributed by atoms with Crippen molar-refractivity contribution in [3.8, 4) is 5.75 Å². The third kappa shape index (κ3) is 8.15. The Morgan fingerprint density at radius 3 is 2.12 bits per heavy atom. The van der Waals surface area contributed by atoms with Gasteiger partial charge in [0.15, 0.2) is 0 Å². The lowest BCUT2D eigenvalue weighted by Crippen LogP contribution is -2.53. The molecule has 0 fully saturated rings. The number of anilines is 1. The van der Waals surface area contributed by atoms with Crippen molar-refractivity contribution in [1.82, 2.24) is 10.2 Å². The molecule has 0 saturated carbocycles. The van der Waals surface area contributed by atoms with Crippen molar-refractivity contribution in [1.29, 1.82) is 0 Å². The summed E-state index contributed by atoms with van der Waals surface area (Å²) in [5.41, 5.74) is 1.89. The summed E-state index contributed by atoms with van der Waals surface area (Å²) in [7, 11) is -2.64. The number of rotatable bonds is 13. The summed E-state index contributed by atoms with van der Waals surface area (Å²) in [4.78, 5) is 29.3. The first-order valence-electron chi connectivity index (χ1n) is 13.8. The summed E-state index contributed by atoms with van der Waals surface area (Å²) in [6.45, 7) is 1.69. The van der Waals surface area contributed by atoms with Crippen molar-refractivity contribution in [3.63, 3.8) is 0 Å². The van der Waals surface area contributed by atoms with Gasteiger partial charge in [0.05, 0.1) is 17.7 Å². The van der Waals surface area contributed by atoms with Crippen LogP contribution in [0.15, 0.2) is 114 Å². The third-order valence-electron chi connectivity index (χ3n) is 6.83. The Bertz CT molecular complexity index is 1620. The number of hydrogen-bond acceptors (Lipinski definition) is 5. The van der Waals surface area contributed by atoms with Crippen molar-refractivity contribution in [2.45, 2.75) is 30.8 Å². The van der Waals surface area contributed by atoms with Crippen LogP contribution in [0.1, 0.15) is 18.1 Å². The number of hydrogen-bond donors (Lipinski definition) is 1. The second-order valence-corrected chi connectivity index (χ2v) is 12.1. The van der Waals surface area contributed by atoms with Crippen molar-refractivity contribution < 1.29 is 22.7 Å². The second-order valence-electron chi connectivity index (χ2n) is 9.77. The molecule has 0 aliphatic carbocycles. The van der Waals surface area contributed by atoms with Gasteiger partial charge >= 0.3 is 0 Å². The van der Waals surface area contributed by atoms with Crippen molar-refractivity contribution >= 4 is 39.1 Å². The van der Waals surface area contributed by atoms with E-state index in [-0.39, 0.29) is 23.8 Å². The minimum Gasteiger partial charge on any atom is -0.497 e. The zero-order valence-electron chi connectivity index (χ0n) is 24.0. The number of ether oxygens (including phenoxy) is 1. The molecular weight excluding hydrogens is 586 g/mol. The maximum Gasteiger partial charge on any atom is 0.264 e. The number of amides is 2. The van der Waals surface area contributed by atoms with Crippen LogP contribution in [0.5, 0.6) is 5.75 Å². The van der Waals surface area contributed by atoms with E-state index in [9.17, 15) is 18.0 Å². The molecule has 0 spiro atoms. The molecule has 0 heterocycles. The predicted molar refractivity (Wildman–Crippen MR) is 169 cm³/mol. The molecule has 1 N–H and O–H groups in total. The molecule has 2 amide bonds. The smallest absolute Gasteiger partial charge is 0.264 e. The maximum atomic E-state index is 14.3. The molecule has 43 heavy (non-hydrogen) atoms. The van der Waals surface area contributed by atoms with Crippen LogP contribution < -0.4 is 14.4 Å². The van der Waals surface area contributed by atoms with Gasteiger partial charge in [-0.1, -0.05) is 72.3 Å². The van der Waals surface area contributed by atoms with Gasteiger partial charge in [-0.3, -0.25) is 13.9 Å². The van der Waals surface area contributed by atoms with E-state index in [4.69, 9.17) is 16.3 Å². The highest BCUT2D eigenvalue weighted by atomic mass is 35.5. The van der Waals surface area contributed by atoms with Crippen LogP contribution in [0.2, 0.25) is 5.02 Å². The first-order valence-corrected chi connectivity index (χ1v) is 15.6. The quantitative estimate of drug-likeness (QED) is 0.219. The number of carbonyl (C=O) groups is 2. The summed E-state index contributed by atoms with van der Waals surface area (Å²) in [5.74, 6) is -0.287. The van der Waals surface area contributed by atoms with Crippen LogP contribution in [0.4, 0.5) is 5.69 Å². The molecule has 0 radical (unpaired) electrons. The number of benzene rings is 4. The fourth-order valence-corrected chi connectivity index (χ4v) is 6.21. The molecule has 0 aromatic heterocycles. The molecule has 0 unspecified atom stereocenters. The Labute approximate surface area is 257 Å². The number of likely N-dealkylation sites (N-methyl/N-ethyl adjacent to an activating group) is 1. The molecule has 10 heteroatoms. The third-order valence-corrected chi connectivity index (χ3v) is 8.87. The molecule has 0 aliphatic rings. The second kappa shape index (κ2) is 14.7. The van der Waals surface area contributed by atoms with Gasteiger partial charge in [-0.25, -0.2) is 8.42 Å². The number of nitrogens with zero attached hydrogens (tertiary/aromatic N) is 2. The van der Waals surface area contributed by atoms with Crippen LogP contribution in [-0.4, -0.2) is 51.4 Å². The summed E-state index contributed by atoms with van der Waals surface area (Å²) >= 11 is 6.02. The van der Waals surface area contributed by atoms with E-state index in [1.165, 1.54) is 29.2 Å². The fraction of sp³-hybridized carbons (Fsp3) is 0.212. The Kier molecular flexibility index (Phi) is 10.8. The van der Waals surface area contributed by atoms with Crippen molar-refractivity contribution in [2.24, 2.45) is 0 Å². The zero-order valence-corrected chi connectivity index (χ0v) is 25.6. The monoisotopic (exact) mass is 619 g/mol. The summed E-state index contributed by atoms with van der Waals surface area (Å²) in [5, 5.41) is 3.24. The lowest BCUT2D eigenvalue weighted by Gasteiger charge is -2.34. The van der Waals surface area contributed by atoms with Crippen LogP contribution >= 0.6 is 11.6 Å². The van der Waals surface area contributed by atoms with Crippen LogP contribution in [0, 0.1) is 0 Å². The van der Waals surface area contributed by atoms with Gasteiger partial charge in [-0.15, -0.1) is 0 Å². The van der Waals surface area contributed by atoms with Gasteiger partial charge in [0.2, 0.25) is 11.8 Å². The van der Waals surface area contributed by atoms with Crippen LogP contribution in [-0.2, 0) is 32.6 Å². The molecule has 0 bridgehead atoms. The number of carbonyl (C=O) groups excluding carboxylic acids is 2. The highest BCUT2D eigenvalue weighted by Gasteiger charge is 2.34. The molecule has 4 aromatic rings. The van der Waals surface area contributed by atoms with Gasteiger partial charge in [-0.05, 0) is 66.6 Å². The summed E-state index contributed by atoms with van der Waals surface area (Å²) in [6, 6.07) is 29.9.